The lowest BCUT2D eigenvalue weighted by Crippen LogP contribution is -2.41. The summed E-state index contributed by atoms with van der Waals surface area (Å²) in [7, 11) is 0. The van der Waals surface area contributed by atoms with Gasteiger partial charge < -0.3 is 20.1 Å². The van der Waals surface area contributed by atoms with E-state index in [9.17, 15) is 4.79 Å². The van der Waals surface area contributed by atoms with Gasteiger partial charge in [-0.15, -0.1) is 0 Å². The maximum absolute atomic E-state index is 12.1. The predicted octanol–water partition coefficient (Wildman–Crippen LogP) is 0.378. The first-order valence-electron chi connectivity index (χ1n) is 6.44. The van der Waals surface area contributed by atoms with Gasteiger partial charge in [-0.05, 0) is 26.7 Å². The van der Waals surface area contributed by atoms with Crippen LogP contribution in [0.1, 0.15) is 26.7 Å². The second-order valence-electron chi connectivity index (χ2n) is 4.17. The molecule has 100 valence electrons. The van der Waals surface area contributed by atoms with Gasteiger partial charge in [-0.25, -0.2) is 0 Å². The van der Waals surface area contributed by atoms with Gasteiger partial charge in [0.1, 0.15) is 6.10 Å². The van der Waals surface area contributed by atoms with Gasteiger partial charge in [-0.3, -0.25) is 4.79 Å². The Morgan fingerprint density at radius 2 is 2.24 bits per heavy atom. The average Bonchev–Trinajstić information content (AvgIpc) is 2.82. The molecule has 2 atom stereocenters. The van der Waals surface area contributed by atoms with Crippen LogP contribution >= 0.6 is 0 Å². The molecule has 0 bridgehead atoms. The average molecular weight is 244 g/mol. The van der Waals surface area contributed by atoms with Crippen LogP contribution in [0.25, 0.3) is 0 Å². The Labute approximate surface area is 103 Å². The van der Waals surface area contributed by atoms with Crippen molar-refractivity contribution in [2.45, 2.75) is 38.9 Å². The first kappa shape index (κ1) is 14.4. The fraction of sp³-hybridized carbons (Fsp3) is 0.917. The summed E-state index contributed by atoms with van der Waals surface area (Å²) in [4.78, 5) is 13.9. The van der Waals surface area contributed by atoms with Crippen molar-refractivity contribution >= 4 is 5.91 Å². The van der Waals surface area contributed by atoms with Crippen LogP contribution in [0.15, 0.2) is 0 Å². The third-order valence-electron chi connectivity index (χ3n) is 3.05. The highest BCUT2D eigenvalue weighted by atomic mass is 16.5. The third-order valence-corrected chi connectivity index (χ3v) is 3.05. The van der Waals surface area contributed by atoms with Crippen LogP contribution in [0.5, 0.6) is 0 Å². The quantitative estimate of drug-likeness (QED) is 0.657. The molecule has 0 aromatic rings. The second-order valence-corrected chi connectivity index (χ2v) is 4.17. The summed E-state index contributed by atoms with van der Waals surface area (Å²) in [5.41, 5.74) is 5.53. The highest BCUT2D eigenvalue weighted by Crippen LogP contribution is 2.20. The zero-order valence-electron chi connectivity index (χ0n) is 10.9. The highest BCUT2D eigenvalue weighted by Gasteiger charge is 2.32. The molecule has 0 unspecified atom stereocenters. The lowest BCUT2D eigenvalue weighted by molar-refractivity contribution is -0.143. The van der Waals surface area contributed by atoms with Crippen molar-refractivity contribution < 1.29 is 14.3 Å². The van der Waals surface area contributed by atoms with Crippen LogP contribution < -0.4 is 5.73 Å². The molecule has 0 aromatic heterocycles. The van der Waals surface area contributed by atoms with Gasteiger partial charge in [0.25, 0.3) is 5.91 Å². The lowest BCUT2D eigenvalue weighted by atomic mass is 10.2. The molecule has 0 aromatic carbocycles. The number of hydrogen-bond donors (Lipinski definition) is 1. The third kappa shape index (κ3) is 4.26. The fourth-order valence-corrected chi connectivity index (χ4v) is 2.01. The number of amides is 1. The molecule has 1 aliphatic heterocycles. The number of carbonyl (C=O) groups is 1. The topological polar surface area (TPSA) is 64.8 Å². The van der Waals surface area contributed by atoms with Crippen LogP contribution in [0.2, 0.25) is 0 Å². The Morgan fingerprint density at radius 3 is 2.76 bits per heavy atom. The summed E-state index contributed by atoms with van der Waals surface area (Å²) in [6.07, 6.45) is 1.42. The van der Waals surface area contributed by atoms with E-state index in [1.165, 1.54) is 0 Å². The van der Waals surface area contributed by atoms with Gasteiger partial charge in [-0.2, -0.15) is 0 Å². The molecule has 0 spiro atoms. The molecular weight excluding hydrogens is 220 g/mol. The first-order valence-corrected chi connectivity index (χ1v) is 6.44. The van der Waals surface area contributed by atoms with Crippen LogP contribution in [0, 0.1) is 0 Å². The van der Waals surface area contributed by atoms with E-state index in [4.69, 9.17) is 15.2 Å². The van der Waals surface area contributed by atoms with E-state index in [1.807, 2.05) is 13.8 Å². The number of likely N-dealkylation sites (N-methyl/N-ethyl adjacent to an activating group) is 1. The summed E-state index contributed by atoms with van der Waals surface area (Å²) in [5.74, 6) is 0.0724. The second kappa shape index (κ2) is 7.63. The van der Waals surface area contributed by atoms with Gasteiger partial charge in [0.15, 0.2) is 0 Å². The number of hydrogen-bond acceptors (Lipinski definition) is 4. The highest BCUT2D eigenvalue weighted by molar-refractivity contribution is 5.81. The molecule has 0 saturated carbocycles. The number of rotatable bonds is 7. The van der Waals surface area contributed by atoms with E-state index in [1.54, 1.807) is 4.90 Å². The van der Waals surface area contributed by atoms with Gasteiger partial charge in [0, 0.05) is 26.2 Å². The van der Waals surface area contributed by atoms with Gasteiger partial charge in [-0.1, -0.05) is 0 Å². The maximum Gasteiger partial charge on any atom is 0.251 e. The summed E-state index contributed by atoms with van der Waals surface area (Å²) in [5, 5.41) is 0. The van der Waals surface area contributed by atoms with E-state index in [2.05, 4.69) is 0 Å². The number of carbonyl (C=O) groups excluding carboxylic acids is 1. The van der Waals surface area contributed by atoms with Crippen LogP contribution in [-0.4, -0.2) is 55.9 Å². The van der Waals surface area contributed by atoms with Gasteiger partial charge in [0.2, 0.25) is 0 Å². The van der Waals surface area contributed by atoms with E-state index in [0.29, 0.717) is 32.8 Å². The van der Waals surface area contributed by atoms with Crippen molar-refractivity contribution in [2.24, 2.45) is 5.73 Å². The van der Waals surface area contributed by atoms with Crippen molar-refractivity contribution in [2.75, 3.05) is 32.8 Å². The molecule has 5 heteroatoms. The van der Waals surface area contributed by atoms with E-state index >= 15 is 0 Å². The van der Waals surface area contributed by atoms with Crippen LogP contribution in [0.4, 0.5) is 0 Å². The Bertz CT molecular complexity index is 236. The Hall–Kier alpha value is -0.650. The van der Waals surface area contributed by atoms with Gasteiger partial charge in [0.05, 0.1) is 12.7 Å². The summed E-state index contributed by atoms with van der Waals surface area (Å²) < 4.78 is 10.9. The number of nitrogens with two attached hydrogens (primary N) is 1. The predicted molar refractivity (Wildman–Crippen MR) is 65.7 cm³/mol. The number of nitrogens with zero attached hydrogens (tertiary/aromatic N) is 1. The number of ether oxygens (including phenoxy) is 2. The standard InChI is InChI=1S/C12H24N2O3/c1-3-14(7-8-16-4-2)12(15)11-6-5-10(9-13)17-11/h10-11H,3-9,13H2,1-2H3/t10-,11+/m1/s1. The fourth-order valence-electron chi connectivity index (χ4n) is 2.01. The minimum Gasteiger partial charge on any atom is -0.380 e. The molecule has 17 heavy (non-hydrogen) atoms. The smallest absolute Gasteiger partial charge is 0.251 e. The lowest BCUT2D eigenvalue weighted by Gasteiger charge is -2.24. The minimum absolute atomic E-state index is 0.0505. The SMILES string of the molecule is CCOCCN(CC)C(=O)[C@@H]1CC[C@H](CN)O1. The summed E-state index contributed by atoms with van der Waals surface area (Å²) in [6, 6.07) is 0. The molecule has 0 aliphatic carbocycles. The molecule has 2 N–H and O–H groups in total. The Balaban J connectivity index is 2.38. The minimum atomic E-state index is -0.301. The van der Waals surface area contributed by atoms with Crippen LogP contribution in [0.3, 0.4) is 0 Å². The first-order chi connectivity index (χ1) is 8.22. The zero-order chi connectivity index (χ0) is 12.7. The van der Waals surface area contributed by atoms with E-state index < -0.39 is 0 Å². The van der Waals surface area contributed by atoms with E-state index in [-0.39, 0.29) is 18.1 Å². The molecule has 1 rings (SSSR count). The van der Waals surface area contributed by atoms with E-state index in [0.717, 1.165) is 12.8 Å². The molecule has 1 fully saturated rings. The van der Waals surface area contributed by atoms with Gasteiger partial charge >= 0.3 is 0 Å². The molecule has 5 nitrogen and oxygen atoms in total. The van der Waals surface area contributed by atoms with Crippen molar-refractivity contribution in [3.63, 3.8) is 0 Å². The summed E-state index contributed by atoms with van der Waals surface area (Å²) >= 11 is 0. The monoisotopic (exact) mass is 244 g/mol. The Morgan fingerprint density at radius 1 is 1.47 bits per heavy atom. The normalized spacial score (nSPS) is 23.9. The van der Waals surface area contributed by atoms with Crippen molar-refractivity contribution in [3.05, 3.63) is 0 Å². The molecule has 1 aliphatic rings. The molecular formula is C12H24N2O3. The molecule has 0 radical (unpaired) electrons. The van der Waals surface area contributed by atoms with Crippen molar-refractivity contribution in [3.8, 4) is 0 Å². The largest absolute Gasteiger partial charge is 0.380 e. The maximum atomic E-state index is 12.1. The molecule has 1 heterocycles. The molecule has 1 saturated heterocycles. The zero-order valence-corrected chi connectivity index (χ0v) is 10.9. The van der Waals surface area contributed by atoms with Crippen molar-refractivity contribution in [1.82, 2.24) is 4.90 Å². The van der Waals surface area contributed by atoms with Crippen LogP contribution in [-0.2, 0) is 14.3 Å². The van der Waals surface area contributed by atoms with Crippen molar-refractivity contribution in [1.29, 1.82) is 0 Å². The summed E-state index contributed by atoms with van der Waals surface area (Å²) in [6.45, 7) is 7.01. The Kier molecular flexibility index (Phi) is 6.47. The molecule has 1 amide bonds.